The first-order valence-corrected chi connectivity index (χ1v) is 10.4. The Morgan fingerprint density at radius 2 is 1.80 bits per heavy atom. The van der Waals surface area contributed by atoms with Gasteiger partial charge in [0.15, 0.2) is 17.3 Å². The number of ether oxygens (including phenoxy) is 2. The van der Waals surface area contributed by atoms with Gasteiger partial charge in [0.25, 0.3) is 15.9 Å². The molecular formula is C21H17FN2O5S. The number of carbonyl (C=O) groups excluding carboxylic acids is 1. The molecule has 1 aliphatic heterocycles. The Morgan fingerprint density at radius 3 is 2.53 bits per heavy atom. The molecule has 0 aromatic heterocycles. The van der Waals surface area contributed by atoms with Crippen LogP contribution in [0.3, 0.4) is 0 Å². The van der Waals surface area contributed by atoms with Gasteiger partial charge in [0.05, 0.1) is 23.3 Å². The van der Waals surface area contributed by atoms with Crippen LogP contribution in [0, 0.1) is 12.7 Å². The second-order valence-electron chi connectivity index (χ2n) is 6.67. The predicted octanol–water partition coefficient (Wildman–Crippen LogP) is 4.30. The van der Waals surface area contributed by atoms with Crippen LogP contribution in [-0.2, 0) is 10.0 Å². The zero-order valence-corrected chi connectivity index (χ0v) is 16.8. The molecule has 0 spiro atoms. The number of halogens is 1. The Morgan fingerprint density at radius 1 is 1.03 bits per heavy atom. The minimum atomic E-state index is -4.09. The number of fused-ring (bicyclic) bond motifs is 2. The molecule has 0 aliphatic carbocycles. The third-order valence-electron chi connectivity index (χ3n) is 4.51. The molecule has 0 unspecified atom stereocenters. The van der Waals surface area contributed by atoms with Crippen LogP contribution < -0.4 is 19.5 Å². The van der Waals surface area contributed by atoms with Gasteiger partial charge in [-0.2, -0.15) is 0 Å². The minimum absolute atomic E-state index is 0.0670. The van der Waals surface area contributed by atoms with Crippen molar-refractivity contribution in [3.05, 3.63) is 71.5 Å². The average molecular weight is 428 g/mol. The SMILES string of the molecule is COc1ccc(S(=O)(=O)Nc2ccc3c(c2)C(=O)Nc2cc(C)ccc2O3)cc1F. The van der Waals surface area contributed by atoms with Crippen LogP contribution >= 0.6 is 0 Å². The van der Waals surface area contributed by atoms with E-state index in [1.165, 1.54) is 37.4 Å². The molecule has 3 aromatic rings. The largest absolute Gasteiger partial charge is 0.494 e. The second-order valence-corrected chi connectivity index (χ2v) is 8.35. The second kappa shape index (κ2) is 7.34. The molecule has 154 valence electrons. The van der Waals surface area contributed by atoms with E-state index in [2.05, 4.69) is 10.0 Å². The van der Waals surface area contributed by atoms with Gasteiger partial charge in [-0.15, -0.1) is 0 Å². The smallest absolute Gasteiger partial charge is 0.262 e. The van der Waals surface area contributed by atoms with Gasteiger partial charge < -0.3 is 14.8 Å². The van der Waals surface area contributed by atoms with Crippen molar-refractivity contribution in [3.63, 3.8) is 0 Å². The number of aryl methyl sites for hydroxylation is 1. The van der Waals surface area contributed by atoms with Crippen molar-refractivity contribution in [1.82, 2.24) is 0 Å². The number of anilines is 2. The molecule has 2 N–H and O–H groups in total. The van der Waals surface area contributed by atoms with Gasteiger partial charge >= 0.3 is 0 Å². The molecule has 0 atom stereocenters. The summed E-state index contributed by atoms with van der Waals surface area (Å²) in [5.41, 5.74) is 1.76. The van der Waals surface area contributed by atoms with Gasteiger partial charge in [0.1, 0.15) is 5.75 Å². The normalized spacial score (nSPS) is 12.7. The highest BCUT2D eigenvalue weighted by Crippen LogP contribution is 2.37. The maximum absolute atomic E-state index is 13.9. The summed E-state index contributed by atoms with van der Waals surface area (Å²) in [4.78, 5) is 12.4. The molecule has 1 aliphatic rings. The van der Waals surface area contributed by atoms with Crippen molar-refractivity contribution in [3.8, 4) is 17.2 Å². The topological polar surface area (TPSA) is 93.7 Å². The van der Waals surface area contributed by atoms with E-state index < -0.39 is 21.7 Å². The molecule has 0 saturated carbocycles. The highest BCUT2D eigenvalue weighted by molar-refractivity contribution is 7.92. The van der Waals surface area contributed by atoms with Gasteiger partial charge in [-0.25, -0.2) is 12.8 Å². The summed E-state index contributed by atoms with van der Waals surface area (Å²) in [7, 11) is -2.81. The Balaban J connectivity index is 1.65. The number of rotatable bonds is 4. The highest BCUT2D eigenvalue weighted by Gasteiger charge is 2.23. The molecule has 0 radical (unpaired) electrons. The molecular weight excluding hydrogens is 411 g/mol. The summed E-state index contributed by atoms with van der Waals surface area (Å²) in [5, 5.41) is 2.76. The summed E-state index contributed by atoms with van der Waals surface area (Å²) in [5.74, 6) is -0.542. The molecule has 0 saturated heterocycles. The Hall–Kier alpha value is -3.59. The number of carbonyl (C=O) groups is 1. The van der Waals surface area contributed by atoms with E-state index in [9.17, 15) is 17.6 Å². The van der Waals surface area contributed by atoms with Crippen molar-refractivity contribution in [1.29, 1.82) is 0 Å². The van der Waals surface area contributed by atoms with E-state index in [0.717, 1.165) is 11.6 Å². The molecule has 0 bridgehead atoms. The van der Waals surface area contributed by atoms with Crippen LogP contribution in [0.15, 0.2) is 59.5 Å². The minimum Gasteiger partial charge on any atom is -0.494 e. The summed E-state index contributed by atoms with van der Waals surface area (Å²) >= 11 is 0. The van der Waals surface area contributed by atoms with Crippen molar-refractivity contribution < 1.29 is 27.1 Å². The lowest BCUT2D eigenvalue weighted by Gasteiger charge is -2.12. The van der Waals surface area contributed by atoms with Gasteiger partial charge in [-0.1, -0.05) is 6.07 Å². The first-order chi connectivity index (χ1) is 14.3. The molecule has 9 heteroatoms. The number of hydrogen-bond acceptors (Lipinski definition) is 5. The number of sulfonamides is 1. The first kappa shape index (κ1) is 19.7. The lowest BCUT2D eigenvalue weighted by molar-refractivity contribution is 0.102. The van der Waals surface area contributed by atoms with E-state index in [-0.39, 0.29) is 27.6 Å². The highest BCUT2D eigenvalue weighted by atomic mass is 32.2. The third-order valence-corrected chi connectivity index (χ3v) is 5.89. The standard InChI is InChI=1S/C21H17FN2O5S/c1-12-3-6-20-17(9-12)23-21(25)15-10-13(4-7-18(15)29-20)24-30(26,27)14-5-8-19(28-2)16(22)11-14/h3-11,24H,1-2H3,(H,23,25). The zero-order valence-electron chi connectivity index (χ0n) is 16.0. The van der Waals surface area contributed by atoms with E-state index in [4.69, 9.17) is 9.47 Å². The fourth-order valence-electron chi connectivity index (χ4n) is 3.03. The van der Waals surface area contributed by atoms with Gasteiger partial charge in [-0.05, 0) is 61.0 Å². The number of amides is 1. The van der Waals surface area contributed by atoms with E-state index in [0.29, 0.717) is 11.4 Å². The number of hydrogen-bond donors (Lipinski definition) is 2. The zero-order chi connectivity index (χ0) is 21.5. The summed E-state index contributed by atoms with van der Waals surface area (Å²) < 4.78 is 52.2. The first-order valence-electron chi connectivity index (χ1n) is 8.87. The van der Waals surface area contributed by atoms with Crippen molar-refractivity contribution in [2.24, 2.45) is 0 Å². The lowest BCUT2D eigenvalue weighted by Crippen LogP contribution is -2.15. The van der Waals surface area contributed by atoms with Crippen LogP contribution in [0.1, 0.15) is 15.9 Å². The lowest BCUT2D eigenvalue weighted by atomic mass is 10.1. The van der Waals surface area contributed by atoms with E-state index in [1.807, 2.05) is 13.0 Å². The van der Waals surface area contributed by atoms with Gasteiger partial charge in [0.2, 0.25) is 0 Å². The maximum Gasteiger partial charge on any atom is 0.262 e. The monoisotopic (exact) mass is 428 g/mol. The summed E-state index contributed by atoms with van der Waals surface area (Å²) in [6, 6.07) is 13.0. The van der Waals surface area contributed by atoms with Crippen LogP contribution in [0.2, 0.25) is 0 Å². The molecule has 4 rings (SSSR count). The number of nitrogens with one attached hydrogen (secondary N) is 2. The third kappa shape index (κ3) is 3.67. The summed E-state index contributed by atoms with van der Waals surface area (Å²) in [6.07, 6.45) is 0. The molecule has 1 amide bonds. The molecule has 1 heterocycles. The quantitative estimate of drug-likeness (QED) is 0.646. The average Bonchev–Trinajstić information content (AvgIpc) is 2.83. The molecule has 7 nitrogen and oxygen atoms in total. The van der Waals surface area contributed by atoms with E-state index in [1.54, 1.807) is 12.1 Å². The van der Waals surface area contributed by atoms with Crippen LogP contribution in [0.5, 0.6) is 17.2 Å². The van der Waals surface area contributed by atoms with Crippen molar-refractivity contribution in [2.75, 3.05) is 17.1 Å². The molecule has 3 aromatic carbocycles. The Bertz CT molecular complexity index is 1270. The summed E-state index contributed by atoms with van der Waals surface area (Å²) in [6.45, 7) is 1.89. The molecule has 0 fully saturated rings. The van der Waals surface area contributed by atoms with E-state index >= 15 is 0 Å². The Kier molecular flexibility index (Phi) is 4.83. The maximum atomic E-state index is 13.9. The fraction of sp³-hybridized carbons (Fsp3) is 0.0952. The van der Waals surface area contributed by atoms with Crippen LogP contribution in [0.25, 0.3) is 0 Å². The number of benzene rings is 3. The van der Waals surface area contributed by atoms with Gasteiger partial charge in [0, 0.05) is 5.69 Å². The predicted molar refractivity (Wildman–Crippen MR) is 109 cm³/mol. The fourth-order valence-corrected chi connectivity index (χ4v) is 4.09. The molecule has 30 heavy (non-hydrogen) atoms. The number of methoxy groups -OCH3 is 1. The Labute approximate surface area is 172 Å². The van der Waals surface area contributed by atoms with Gasteiger partial charge in [-0.3, -0.25) is 9.52 Å². The van der Waals surface area contributed by atoms with Crippen molar-refractivity contribution in [2.45, 2.75) is 11.8 Å². The van der Waals surface area contributed by atoms with Crippen LogP contribution in [0.4, 0.5) is 15.8 Å². The van der Waals surface area contributed by atoms with Crippen molar-refractivity contribution >= 4 is 27.3 Å². The van der Waals surface area contributed by atoms with Crippen LogP contribution in [-0.4, -0.2) is 21.4 Å².